The summed E-state index contributed by atoms with van der Waals surface area (Å²) >= 11 is 0. The van der Waals surface area contributed by atoms with Crippen molar-refractivity contribution < 1.29 is 9.59 Å². The Kier molecular flexibility index (Phi) is 6.52. The van der Waals surface area contributed by atoms with Gasteiger partial charge in [0.1, 0.15) is 5.69 Å². The van der Waals surface area contributed by atoms with E-state index in [1.165, 1.54) is 6.92 Å². The van der Waals surface area contributed by atoms with Crippen molar-refractivity contribution in [2.45, 2.75) is 13.3 Å². The summed E-state index contributed by atoms with van der Waals surface area (Å²) in [6.45, 7) is 2.07. The van der Waals surface area contributed by atoms with E-state index < -0.39 is 0 Å². The summed E-state index contributed by atoms with van der Waals surface area (Å²) in [4.78, 5) is 33.6. The second-order valence-corrected chi connectivity index (χ2v) is 6.65. The van der Waals surface area contributed by atoms with Crippen LogP contribution in [0.25, 0.3) is 0 Å². The number of nitrogens with one attached hydrogen (secondary N) is 2. The lowest BCUT2D eigenvalue weighted by Gasteiger charge is -2.17. The van der Waals surface area contributed by atoms with Crippen molar-refractivity contribution in [3.05, 3.63) is 78.4 Å². The Morgan fingerprint density at radius 1 is 0.931 bits per heavy atom. The van der Waals surface area contributed by atoms with Crippen molar-refractivity contribution in [1.82, 2.24) is 14.9 Å². The normalized spacial score (nSPS) is 10.3. The predicted octanol–water partition coefficient (Wildman–Crippen LogP) is 3.49. The number of amides is 2. The van der Waals surface area contributed by atoms with E-state index in [-0.39, 0.29) is 11.8 Å². The van der Waals surface area contributed by atoms with E-state index in [1.54, 1.807) is 36.6 Å². The van der Waals surface area contributed by atoms with Crippen molar-refractivity contribution in [3.63, 3.8) is 0 Å². The number of likely N-dealkylation sites (N-methyl/N-ethyl adjacent to an activating group) is 1. The molecule has 2 amide bonds. The fourth-order valence-corrected chi connectivity index (χ4v) is 2.74. The number of hydrogen-bond acceptors (Lipinski definition) is 5. The summed E-state index contributed by atoms with van der Waals surface area (Å²) in [5.41, 5.74) is 3.89. The Hall–Kier alpha value is -3.74. The Morgan fingerprint density at radius 2 is 1.59 bits per heavy atom. The largest absolute Gasteiger partial charge is 0.354 e. The minimum Gasteiger partial charge on any atom is -0.354 e. The third kappa shape index (κ3) is 5.87. The molecule has 7 nitrogen and oxygen atoms in total. The van der Waals surface area contributed by atoms with Crippen LogP contribution in [0.4, 0.5) is 17.1 Å². The van der Waals surface area contributed by atoms with Gasteiger partial charge in [0.15, 0.2) is 0 Å². The minimum atomic E-state index is -0.120. The molecule has 0 saturated heterocycles. The van der Waals surface area contributed by atoms with E-state index in [0.717, 1.165) is 29.0 Å². The molecule has 1 aromatic carbocycles. The fraction of sp³-hybridized carbons (Fsp3) is 0.182. The number of pyridine rings is 2. The topological polar surface area (TPSA) is 87.2 Å². The molecule has 0 radical (unpaired) electrons. The number of nitrogens with zero attached hydrogens (tertiary/aromatic N) is 3. The summed E-state index contributed by atoms with van der Waals surface area (Å²) in [7, 11) is 1.77. The van der Waals surface area contributed by atoms with Gasteiger partial charge in [-0.15, -0.1) is 0 Å². The van der Waals surface area contributed by atoms with E-state index in [9.17, 15) is 9.59 Å². The summed E-state index contributed by atoms with van der Waals surface area (Å²) in [5, 5.41) is 5.94. The Bertz CT molecular complexity index is 957. The molecule has 0 atom stereocenters. The first-order chi connectivity index (χ1) is 14.0. The van der Waals surface area contributed by atoms with Crippen LogP contribution < -0.4 is 10.6 Å². The first kappa shape index (κ1) is 20.0. The molecule has 0 bridgehead atoms. The van der Waals surface area contributed by atoms with Crippen LogP contribution in [-0.4, -0.2) is 40.3 Å². The van der Waals surface area contributed by atoms with Gasteiger partial charge in [-0.25, -0.2) is 4.98 Å². The zero-order valence-corrected chi connectivity index (χ0v) is 16.4. The number of aromatic nitrogens is 2. The first-order valence-corrected chi connectivity index (χ1v) is 9.26. The van der Waals surface area contributed by atoms with Gasteiger partial charge in [-0.2, -0.15) is 0 Å². The second kappa shape index (κ2) is 9.45. The van der Waals surface area contributed by atoms with Gasteiger partial charge < -0.3 is 15.5 Å². The lowest BCUT2D eigenvalue weighted by molar-refractivity contribution is -0.114. The molecule has 0 saturated carbocycles. The number of anilines is 3. The summed E-state index contributed by atoms with van der Waals surface area (Å²) < 4.78 is 0. The Labute approximate surface area is 169 Å². The van der Waals surface area contributed by atoms with Gasteiger partial charge in [-0.1, -0.05) is 0 Å². The molecule has 0 spiro atoms. The molecular formula is C22H23N5O2. The third-order valence-corrected chi connectivity index (χ3v) is 4.31. The molecule has 0 aliphatic rings. The average Bonchev–Trinajstić information content (AvgIpc) is 2.74. The summed E-state index contributed by atoms with van der Waals surface area (Å²) in [6, 6.07) is 14.8. The van der Waals surface area contributed by atoms with Crippen molar-refractivity contribution in [2.24, 2.45) is 0 Å². The molecule has 2 N–H and O–H groups in total. The Balaban J connectivity index is 1.56. The van der Waals surface area contributed by atoms with Crippen LogP contribution in [0.15, 0.2) is 67.1 Å². The van der Waals surface area contributed by atoms with Gasteiger partial charge in [-0.3, -0.25) is 14.6 Å². The van der Waals surface area contributed by atoms with E-state index in [2.05, 4.69) is 20.6 Å². The number of rotatable bonds is 7. The molecule has 3 rings (SSSR count). The highest BCUT2D eigenvalue weighted by atomic mass is 16.2. The molecule has 0 aliphatic carbocycles. The van der Waals surface area contributed by atoms with Crippen LogP contribution in [0, 0.1) is 0 Å². The van der Waals surface area contributed by atoms with Gasteiger partial charge in [0.25, 0.3) is 5.91 Å². The van der Waals surface area contributed by atoms with Crippen molar-refractivity contribution in [2.75, 3.05) is 24.2 Å². The van der Waals surface area contributed by atoms with Crippen LogP contribution in [-0.2, 0) is 11.2 Å². The predicted molar refractivity (Wildman–Crippen MR) is 113 cm³/mol. The number of carbonyl (C=O) groups is 2. The van der Waals surface area contributed by atoms with Gasteiger partial charge in [-0.05, 0) is 60.5 Å². The van der Waals surface area contributed by atoms with Crippen molar-refractivity contribution in [3.8, 4) is 0 Å². The molecule has 0 fully saturated rings. The van der Waals surface area contributed by atoms with Crippen molar-refractivity contribution in [1.29, 1.82) is 0 Å². The number of carbonyl (C=O) groups excluding carboxylic acids is 2. The van der Waals surface area contributed by atoms with E-state index >= 15 is 0 Å². The average molecular weight is 389 g/mol. The molecule has 3 aromatic rings. The van der Waals surface area contributed by atoms with Gasteiger partial charge in [0, 0.05) is 44.3 Å². The highest BCUT2D eigenvalue weighted by Gasteiger charge is 2.13. The van der Waals surface area contributed by atoms with E-state index in [1.807, 2.05) is 42.5 Å². The second-order valence-electron chi connectivity index (χ2n) is 6.65. The third-order valence-electron chi connectivity index (χ3n) is 4.31. The molecular weight excluding hydrogens is 366 g/mol. The summed E-state index contributed by atoms with van der Waals surface area (Å²) in [5.74, 6) is -0.230. The molecule has 2 heterocycles. The lowest BCUT2D eigenvalue weighted by Crippen LogP contribution is -2.29. The molecule has 0 unspecified atom stereocenters. The zero-order chi connectivity index (χ0) is 20.6. The van der Waals surface area contributed by atoms with Crippen LogP contribution >= 0.6 is 0 Å². The van der Waals surface area contributed by atoms with Gasteiger partial charge in [0.05, 0.1) is 11.9 Å². The molecule has 29 heavy (non-hydrogen) atoms. The zero-order valence-electron chi connectivity index (χ0n) is 16.4. The quantitative estimate of drug-likeness (QED) is 0.646. The minimum absolute atomic E-state index is 0.110. The van der Waals surface area contributed by atoms with Crippen molar-refractivity contribution >= 4 is 28.9 Å². The maximum absolute atomic E-state index is 12.6. The smallest absolute Gasteiger partial charge is 0.272 e. The van der Waals surface area contributed by atoms with Gasteiger partial charge in [0.2, 0.25) is 5.91 Å². The molecule has 0 aliphatic heterocycles. The summed E-state index contributed by atoms with van der Waals surface area (Å²) in [6.07, 6.45) is 5.89. The molecule has 7 heteroatoms. The molecule has 148 valence electrons. The first-order valence-electron chi connectivity index (χ1n) is 9.26. The highest BCUT2D eigenvalue weighted by Crippen LogP contribution is 2.19. The van der Waals surface area contributed by atoms with Crippen LogP contribution in [0.1, 0.15) is 23.0 Å². The van der Waals surface area contributed by atoms with E-state index in [4.69, 9.17) is 0 Å². The standard InChI is InChI=1S/C22H23N5O2/c1-16(28)25-18-3-5-19(6-4-18)26-20-7-8-21(24-15-20)22(29)27(2)14-11-17-9-12-23-13-10-17/h3-10,12-13,15,26H,11,14H2,1-2H3,(H,25,28). The van der Waals surface area contributed by atoms with Gasteiger partial charge >= 0.3 is 0 Å². The van der Waals surface area contributed by atoms with E-state index in [0.29, 0.717) is 12.2 Å². The maximum atomic E-state index is 12.6. The number of benzene rings is 1. The Morgan fingerprint density at radius 3 is 2.21 bits per heavy atom. The monoisotopic (exact) mass is 389 g/mol. The number of hydrogen-bond donors (Lipinski definition) is 2. The van der Waals surface area contributed by atoms with Crippen LogP contribution in [0.2, 0.25) is 0 Å². The molecule has 2 aromatic heterocycles. The highest BCUT2D eigenvalue weighted by molar-refractivity contribution is 5.92. The fourth-order valence-electron chi connectivity index (χ4n) is 2.74. The lowest BCUT2D eigenvalue weighted by atomic mass is 10.2. The van der Waals surface area contributed by atoms with Crippen LogP contribution in [0.5, 0.6) is 0 Å². The maximum Gasteiger partial charge on any atom is 0.272 e. The SMILES string of the molecule is CC(=O)Nc1ccc(Nc2ccc(C(=O)N(C)CCc3ccncc3)nc2)cc1. The van der Waals surface area contributed by atoms with Crippen LogP contribution in [0.3, 0.4) is 0 Å².